The van der Waals surface area contributed by atoms with Crippen molar-refractivity contribution in [2.45, 2.75) is 26.3 Å². The number of benzene rings is 1. The fourth-order valence-corrected chi connectivity index (χ4v) is 4.75. The molecule has 1 amide bonds. The fraction of sp³-hybridized carbons (Fsp3) is 0.421. The number of rotatable bonds is 4. The molecule has 0 saturated carbocycles. The summed E-state index contributed by atoms with van der Waals surface area (Å²) < 4.78 is 15.4. The third kappa shape index (κ3) is 3.35. The van der Waals surface area contributed by atoms with Gasteiger partial charge in [-0.05, 0) is 17.7 Å². The van der Waals surface area contributed by atoms with E-state index in [0.717, 1.165) is 5.56 Å². The molecule has 4 rings (SSSR count). The van der Waals surface area contributed by atoms with E-state index in [1.807, 2.05) is 13.0 Å². The Kier molecular flexibility index (Phi) is 5.03. The Morgan fingerprint density at radius 3 is 2.68 bits per heavy atom. The Hall–Kier alpha value is -2.52. The fourth-order valence-electron chi connectivity index (χ4n) is 3.62. The van der Waals surface area contributed by atoms with E-state index in [9.17, 15) is 14.3 Å². The third-order valence-corrected chi connectivity index (χ3v) is 6.17. The van der Waals surface area contributed by atoms with Crippen LogP contribution >= 0.6 is 11.3 Å². The topological polar surface area (TPSA) is 74.0 Å². The molecule has 9 heteroatoms. The number of hydrogen-bond donors (Lipinski definition) is 1. The number of nitrogens with zero attached hydrogens (tertiary/aromatic N) is 5. The van der Waals surface area contributed by atoms with Crippen molar-refractivity contribution in [1.29, 1.82) is 0 Å². The number of aromatic nitrogens is 3. The van der Waals surface area contributed by atoms with Crippen LogP contribution in [0.1, 0.15) is 36.2 Å². The van der Waals surface area contributed by atoms with Crippen LogP contribution in [0.3, 0.4) is 0 Å². The lowest BCUT2D eigenvalue weighted by atomic mass is 10.0. The SMILES string of the molecule is CCc1nc2sc(C(c3cccc(F)c3)N3CCN(C(C)=O)CC3)c(O)n2n1. The number of amides is 1. The molecule has 28 heavy (non-hydrogen) atoms. The molecule has 3 aromatic rings. The maximum absolute atomic E-state index is 14.0. The first-order valence-corrected chi connectivity index (χ1v) is 10.1. The molecule has 1 N–H and O–H groups in total. The molecular weight excluding hydrogens is 381 g/mol. The number of thiazole rings is 1. The Labute approximate surface area is 166 Å². The van der Waals surface area contributed by atoms with E-state index >= 15 is 0 Å². The van der Waals surface area contributed by atoms with Crippen LogP contribution < -0.4 is 0 Å². The molecule has 3 heterocycles. The van der Waals surface area contributed by atoms with Crippen molar-refractivity contribution in [3.63, 3.8) is 0 Å². The standard InChI is InChI=1S/C19H22FN5O2S/c1-3-15-21-19-25(22-15)18(27)17(28-19)16(13-5-4-6-14(20)11-13)24-9-7-23(8-10-24)12(2)26/h4-6,11,16,27H,3,7-10H2,1-2H3. The van der Waals surface area contributed by atoms with Crippen LogP contribution in [-0.4, -0.2) is 61.6 Å². The third-order valence-electron chi connectivity index (χ3n) is 5.10. The van der Waals surface area contributed by atoms with Crippen LogP contribution in [0.15, 0.2) is 24.3 Å². The molecule has 1 atom stereocenters. The molecule has 2 aromatic heterocycles. The monoisotopic (exact) mass is 403 g/mol. The van der Waals surface area contributed by atoms with Crippen LogP contribution in [-0.2, 0) is 11.2 Å². The van der Waals surface area contributed by atoms with Gasteiger partial charge in [-0.1, -0.05) is 30.4 Å². The van der Waals surface area contributed by atoms with Gasteiger partial charge in [0.05, 0.1) is 10.9 Å². The van der Waals surface area contributed by atoms with Crippen molar-refractivity contribution < 1.29 is 14.3 Å². The van der Waals surface area contributed by atoms with Crippen molar-refractivity contribution in [3.05, 3.63) is 46.3 Å². The zero-order valence-electron chi connectivity index (χ0n) is 15.8. The van der Waals surface area contributed by atoms with Crippen LogP contribution in [0, 0.1) is 5.82 Å². The second-order valence-electron chi connectivity index (χ2n) is 6.87. The van der Waals surface area contributed by atoms with Gasteiger partial charge >= 0.3 is 0 Å². The van der Waals surface area contributed by atoms with Crippen molar-refractivity contribution in [3.8, 4) is 5.88 Å². The van der Waals surface area contributed by atoms with Gasteiger partial charge in [0.25, 0.3) is 0 Å². The van der Waals surface area contributed by atoms with E-state index in [-0.39, 0.29) is 23.6 Å². The average Bonchev–Trinajstić information content (AvgIpc) is 3.22. The summed E-state index contributed by atoms with van der Waals surface area (Å²) in [6.45, 7) is 5.99. The molecular formula is C19H22FN5O2S. The second kappa shape index (κ2) is 7.48. The highest BCUT2D eigenvalue weighted by molar-refractivity contribution is 7.17. The Morgan fingerprint density at radius 2 is 2.07 bits per heavy atom. The largest absolute Gasteiger partial charge is 0.492 e. The van der Waals surface area contributed by atoms with E-state index in [1.54, 1.807) is 17.9 Å². The maximum Gasteiger partial charge on any atom is 0.230 e. The van der Waals surface area contributed by atoms with Gasteiger partial charge in [0.15, 0.2) is 5.82 Å². The molecule has 0 spiro atoms. The quantitative estimate of drug-likeness (QED) is 0.724. The van der Waals surface area contributed by atoms with Crippen molar-refractivity contribution in [2.24, 2.45) is 0 Å². The number of halogens is 1. The Morgan fingerprint density at radius 1 is 1.32 bits per heavy atom. The van der Waals surface area contributed by atoms with Crippen LogP contribution in [0.5, 0.6) is 5.88 Å². The van der Waals surface area contributed by atoms with Gasteiger partial charge in [-0.3, -0.25) is 9.69 Å². The van der Waals surface area contributed by atoms with E-state index in [2.05, 4.69) is 15.0 Å². The predicted octanol–water partition coefficient (Wildman–Crippen LogP) is 2.45. The predicted molar refractivity (Wildman–Crippen MR) is 104 cm³/mol. The van der Waals surface area contributed by atoms with Crippen molar-refractivity contribution in [2.75, 3.05) is 26.2 Å². The molecule has 0 aliphatic carbocycles. The zero-order chi connectivity index (χ0) is 19.8. The summed E-state index contributed by atoms with van der Waals surface area (Å²) in [6.07, 6.45) is 0.684. The van der Waals surface area contributed by atoms with Gasteiger partial charge in [-0.15, -0.1) is 5.10 Å². The number of aryl methyl sites for hydroxylation is 1. The van der Waals surface area contributed by atoms with Gasteiger partial charge in [-0.2, -0.15) is 4.52 Å². The molecule has 1 unspecified atom stereocenters. The summed E-state index contributed by atoms with van der Waals surface area (Å²) in [4.78, 5) is 21.4. The van der Waals surface area contributed by atoms with Crippen LogP contribution in [0.2, 0.25) is 0 Å². The van der Waals surface area contributed by atoms with Crippen molar-refractivity contribution in [1.82, 2.24) is 24.4 Å². The summed E-state index contributed by atoms with van der Waals surface area (Å²) in [7, 11) is 0. The Balaban J connectivity index is 1.74. The maximum atomic E-state index is 14.0. The molecule has 0 radical (unpaired) electrons. The Bertz CT molecular complexity index is 1010. The highest BCUT2D eigenvalue weighted by atomic mass is 32.1. The number of piperazine rings is 1. The summed E-state index contributed by atoms with van der Waals surface area (Å²) in [5, 5.41) is 15.2. The highest BCUT2D eigenvalue weighted by Gasteiger charge is 2.32. The van der Waals surface area contributed by atoms with E-state index in [0.29, 0.717) is 48.3 Å². The van der Waals surface area contributed by atoms with Crippen LogP contribution in [0.25, 0.3) is 4.96 Å². The minimum absolute atomic E-state index is 0.0375. The number of carbonyl (C=O) groups is 1. The van der Waals surface area contributed by atoms with Crippen molar-refractivity contribution >= 4 is 22.2 Å². The summed E-state index contributed by atoms with van der Waals surface area (Å²) in [5.41, 5.74) is 0.756. The van der Waals surface area contributed by atoms with Gasteiger partial charge in [0.1, 0.15) is 5.82 Å². The molecule has 1 saturated heterocycles. The minimum Gasteiger partial charge on any atom is -0.492 e. The van der Waals surface area contributed by atoms with E-state index in [4.69, 9.17) is 0 Å². The molecule has 1 aliphatic heterocycles. The van der Waals surface area contributed by atoms with Gasteiger partial charge in [0.2, 0.25) is 16.7 Å². The first kappa shape index (κ1) is 18.8. The summed E-state index contributed by atoms with van der Waals surface area (Å²) in [6, 6.07) is 6.10. The normalized spacial score (nSPS) is 16.6. The van der Waals surface area contributed by atoms with E-state index in [1.165, 1.54) is 28.0 Å². The molecule has 1 aliphatic rings. The highest BCUT2D eigenvalue weighted by Crippen LogP contribution is 2.40. The number of fused-ring (bicyclic) bond motifs is 1. The van der Waals surface area contributed by atoms with Gasteiger partial charge in [0, 0.05) is 39.5 Å². The number of carbonyl (C=O) groups excluding carboxylic acids is 1. The molecule has 148 valence electrons. The smallest absolute Gasteiger partial charge is 0.230 e. The molecule has 1 aromatic carbocycles. The lowest BCUT2D eigenvalue weighted by Gasteiger charge is -2.38. The lowest BCUT2D eigenvalue weighted by Crippen LogP contribution is -2.49. The zero-order valence-corrected chi connectivity index (χ0v) is 16.6. The second-order valence-corrected chi connectivity index (χ2v) is 7.87. The van der Waals surface area contributed by atoms with Gasteiger partial charge in [-0.25, -0.2) is 9.37 Å². The minimum atomic E-state index is -0.330. The van der Waals surface area contributed by atoms with Crippen LogP contribution in [0.4, 0.5) is 4.39 Å². The first-order chi connectivity index (χ1) is 13.5. The first-order valence-electron chi connectivity index (χ1n) is 9.30. The molecule has 0 bridgehead atoms. The summed E-state index contributed by atoms with van der Waals surface area (Å²) >= 11 is 1.36. The average molecular weight is 403 g/mol. The summed E-state index contributed by atoms with van der Waals surface area (Å²) in [5.74, 6) is 0.439. The number of aromatic hydroxyl groups is 1. The molecule has 7 nitrogen and oxygen atoms in total. The lowest BCUT2D eigenvalue weighted by molar-refractivity contribution is -0.130. The van der Waals surface area contributed by atoms with Gasteiger partial charge < -0.3 is 10.0 Å². The number of hydrogen-bond acceptors (Lipinski definition) is 6. The van der Waals surface area contributed by atoms with E-state index < -0.39 is 0 Å². The molecule has 1 fully saturated rings.